The van der Waals surface area contributed by atoms with Crippen LogP contribution in [0.4, 0.5) is 5.69 Å². The first kappa shape index (κ1) is 13.7. The van der Waals surface area contributed by atoms with Crippen LogP contribution in [-0.2, 0) is 6.54 Å². The second-order valence-corrected chi connectivity index (χ2v) is 5.28. The Hall–Kier alpha value is -2.29. The number of rotatable bonds is 3. The Kier molecular flexibility index (Phi) is 3.91. The molecule has 3 nitrogen and oxygen atoms in total. The lowest BCUT2D eigenvalue weighted by Crippen LogP contribution is -2.23. The Morgan fingerprint density at radius 2 is 1.86 bits per heavy atom. The first-order valence-corrected chi connectivity index (χ1v) is 7.28. The summed E-state index contributed by atoms with van der Waals surface area (Å²) >= 11 is 0. The first-order chi connectivity index (χ1) is 10.3. The molecule has 1 heterocycles. The molecule has 0 radical (unpaired) electrons. The first-order valence-electron chi connectivity index (χ1n) is 7.28. The summed E-state index contributed by atoms with van der Waals surface area (Å²) in [6.45, 7) is 1.65. The number of benzene rings is 2. The van der Waals surface area contributed by atoms with E-state index in [0.717, 1.165) is 42.1 Å². The van der Waals surface area contributed by atoms with Gasteiger partial charge in [-0.3, -0.25) is 4.79 Å². The summed E-state index contributed by atoms with van der Waals surface area (Å²) in [6, 6.07) is 15.9. The van der Waals surface area contributed by atoms with E-state index in [1.807, 2.05) is 42.5 Å². The quantitative estimate of drug-likeness (QED) is 0.859. The predicted molar refractivity (Wildman–Crippen MR) is 84.1 cm³/mol. The number of carbonyl (C=O) groups excluding carboxylic acids is 1. The third-order valence-electron chi connectivity index (χ3n) is 3.93. The van der Waals surface area contributed by atoms with E-state index in [0.29, 0.717) is 6.42 Å². The number of ketones is 1. The molecular formula is C18H19NO2. The molecule has 2 aromatic carbocycles. The van der Waals surface area contributed by atoms with Gasteiger partial charge in [-0.2, -0.15) is 0 Å². The zero-order chi connectivity index (χ0) is 14.7. The number of carbonyl (C=O) groups is 1. The Balaban J connectivity index is 1.95. The maximum atomic E-state index is 12.2. The summed E-state index contributed by atoms with van der Waals surface area (Å²) in [7, 11) is 1.69. The molecule has 21 heavy (non-hydrogen) atoms. The molecule has 2 aromatic rings. The molecular weight excluding hydrogens is 262 g/mol. The van der Waals surface area contributed by atoms with Crippen molar-refractivity contribution in [2.45, 2.75) is 19.4 Å². The minimum absolute atomic E-state index is 0.244. The van der Waals surface area contributed by atoms with Gasteiger partial charge in [-0.25, -0.2) is 0 Å². The van der Waals surface area contributed by atoms with E-state index in [2.05, 4.69) is 11.0 Å². The number of ether oxygens (including phenoxy) is 1. The number of anilines is 1. The highest BCUT2D eigenvalue weighted by atomic mass is 16.5. The van der Waals surface area contributed by atoms with E-state index in [1.54, 1.807) is 7.11 Å². The van der Waals surface area contributed by atoms with Crippen LogP contribution < -0.4 is 9.64 Å². The Bertz CT molecular complexity index is 651. The molecule has 3 rings (SSSR count). The number of hydrogen-bond acceptors (Lipinski definition) is 3. The van der Waals surface area contributed by atoms with Crippen molar-refractivity contribution in [3.8, 4) is 5.75 Å². The molecule has 1 aliphatic rings. The van der Waals surface area contributed by atoms with Gasteiger partial charge < -0.3 is 9.64 Å². The fraction of sp³-hybridized carbons (Fsp3) is 0.278. The molecule has 0 amide bonds. The largest absolute Gasteiger partial charge is 0.496 e. The number of hydrogen-bond donors (Lipinski definition) is 0. The fourth-order valence-electron chi connectivity index (χ4n) is 2.87. The highest BCUT2D eigenvalue weighted by Gasteiger charge is 2.21. The minimum Gasteiger partial charge on any atom is -0.496 e. The average Bonchev–Trinajstić information content (AvgIpc) is 2.68. The molecule has 0 saturated heterocycles. The molecule has 108 valence electrons. The highest BCUT2D eigenvalue weighted by Crippen LogP contribution is 2.29. The second kappa shape index (κ2) is 6.00. The van der Waals surface area contributed by atoms with Crippen LogP contribution in [0.5, 0.6) is 5.75 Å². The van der Waals surface area contributed by atoms with Gasteiger partial charge in [0, 0.05) is 36.3 Å². The van der Waals surface area contributed by atoms with Crippen LogP contribution in [0.2, 0.25) is 0 Å². The molecule has 0 atom stereocenters. The summed E-state index contributed by atoms with van der Waals surface area (Å²) < 4.78 is 5.43. The van der Waals surface area contributed by atoms with Crippen LogP contribution >= 0.6 is 0 Å². The highest BCUT2D eigenvalue weighted by molar-refractivity contribution is 6.01. The molecule has 0 bridgehead atoms. The van der Waals surface area contributed by atoms with Crippen molar-refractivity contribution in [3.63, 3.8) is 0 Å². The molecule has 0 spiro atoms. The lowest BCUT2D eigenvalue weighted by molar-refractivity contribution is 0.0984. The lowest BCUT2D eigenvalue weighted by Gasteiger charge is -2.25. The number of fused-ring (bicyclic) bond motifs is 1. The summed E-state index contributed by atoms with van der Waals surface area (Å²) in [6.07, 6.45) is 1.52. The molecule has 0 aliphatic carbocycles. The van der Waals surface area contributed by atoms with E-state index in [-0.39, 0.29) is 5.78 Å². The van der Waals surface area contributed by atoms with Crippen LogP contribution in [0.1, 0.15) is 28.8 Å². The van der Waals surface area contributed by atoms with Gasteiger partial charge in [-0.15, -0.1) is 0 Å². The second-order valence-electron chi connectivity index (χ2n) is 5.28. The normalized spacial score (nSPS) is 14.5. The molecule has 0 aromatic heterocycles. The summed E-state index contributed by atoms with van der Waals surface area (Å²) in [5.74, 6) is 1.14. The number of nitrogens with zero attached hydrogens (tertiary/aromatic N) is 1. The lowest BCUT2D eigenvalue weighted by atomic mass is 10.1. The van der Waals surface area contributed by atoms with Crippen molar-refractivity contribution in [2.75, 3.05) is 18.6 Å². The molecule has 1 aliphatic heterocycles. The topological polar surface area (TPSA) is 29.5 Å². The number of methoxy groups -OCH3 is 1. The van der Waals surface area contributed by atoms with Crippen LogP contribution in [0.25, 0.3) is 0 Å². The van der Waals surface area contributed by atoms with Crippen LogP contribution in [0.3, 0.4) is 0 Å². The van der Waals surface area contributed by atoms with E-state index in [9.17, 15) is 4.79 Å². The van der Waals surface area contributed by atoms with Gasteiger partial charge in [-0.1, -0.05) is 30.3 Å². The zero-order valence-corrected chi connectivity index (χ0v) is 12.2. The van der Waals surface area contributed by atoms with Crippen molar-refractivity contribution < 1.29 is 9.53 Å². The van der Waals surface area contributed by atoms with Gasteiger partial charge in [0.2, 0.25) is 0 Å². The average molecular weight is 281 g/mol. The van der Waals surface area contributed by atoms with Gasteiger partial charge in [0.15, 0.2) is 5.78 Å². The van der Waals surface area contributed by atoms with Crippen molar-refractivity contribution in [1.29, 1.82) is 0 Å². The molecule has 3 heteroatoms. The molecule has 0 saturated carbocycles. The third-order valence-corrected chi connectivity index (χ3v) is 3.93. The van der Waals surface area contributed by atoms with Gasteiger partial charge in [0.25, 0.3) is 0 Å². The maximum Gasteiger partial charge on any atom is 0.165 e. The van der Waals surface area contributed by atoms with Gasteiger partial charge in [-0.05, 0) is 24.6 Å². The van der Waals surface area contributed by atoms with Crippen LogP contribution in [-0.4, -0.2) is 19.4 Å². The monoisotopic (exact) mass is 281 g/mol. The summed E-state index contributed by atoms with van der Waals surface area (Å²) in [5, 5.41) is 0. The number of Topliss-reactive ketones (excluding diaryl/α,β-unsaturated/α-hetero) is 1. The predicted octanol–water partition coefficient (Wildman–Crippen LogP) is 3.68. The van der Waals surface area contributed by atoms with Crippen molar-refractivity contribution >= 4 is 11.5 Å². The van der Waals surface area contributed by atoms with Gasteiger partial charge in [0.1, 0.15) is 5.75 Å². The van der Waals surface area contributed by atoms with Gasteiger partial charge >= 0.3 is 0 Å². The Morgan fingerprint density at radius 1 is 1.10 bits per heavy atom. The standard InChI is InChI=1S/C18H19NO2/c1-21-18-11-5-2-7-14(18)13-19-12-6-10-17(20)15-8-3-4-9-16(15)19/h2-5,7-9,11H,6,10,12-13H2,1H3. The van der Waals surface area contributed by atoms with Crippen LogP contribution in [0.15, 0.2) is 48.5 Å². The van der Waals surface area contributed by atoms with E-state index in [1.165, 1.54) is 0 Å². The summed E-state index contributed by atoms with van der Waals surface area (Å²) in [5.41, 5.74) is 3.01. The maximum absolute atomic E-state index is 12.2. The Morgan fingerprint density at radius 3 is 2.71 bits per heavy atom. The van der Waals surface area contributed by atoms with Crippen molar-refractivity contribution in [2.24, 2.45) is 0 Å². The SMILES string of the molecule is COc1ccccc1CN1CCCC(=O)c2ccccc21. The number of para-hydroxylation sites is 2. The van der Waals surface area contributed by atoms with E-state index >= 15 is 0 Å². The fourth-order valence-corrected chi connectivity index (χ4v) is 2.87. The van der Waals surface area contributed by atoms with Crippen molar-refractivity contribution in [1.82, 2.24) is 0 Å². The van der Waals surface area contributed by atoms with E-state index in [4.69, 9.17) is 4.74 Å². The summed E-state index contributed by atoms with van der Waals surface area (Å²) in [4.78, 5) is 14.5. The van der Waals surface area contributed by atoms with E-state index < -0.39 is 0 Å². The Labute approximate surface area is 125 Å². The molecule has 0 N–H and O–H groups in total. The smallest absolute Gasteiger partial charge is 0.165 e. The van der Waals surface area contributed by atoms with Crippen molar-refractivity contribution in [3.05, 3.63) is 59.7 Å². The zero-order valence-electron chi connectivity index (χ0n) is 12.2. The van der Waals surface area contributed by atoms with Gasteiger partial charge in [0.05, 0.1) is 7.11 Å². The minimum atomic E-state index is 0.244. The van der Waals surface area contributed by atoms with Crippen LogP contribution in [0, 0.1) is 0 Å². The third kappa shape index (κ3) is 2.77. The molecule has 0 unspecified atom stereocenters. The molecule has 0 fully saturated rings.